The highest BCUT2D eigenvalue weighted by Crippen LogP contribution is 1.99. The largest absolute Gasteiger partial charge is 0.469 e. The number of methoxy groups -OCH3 is 2. The minimum absolute atomic E-state index is 0.0238. The van der Waals surface area contributed by atoms with Crippen molar-refractivity contribution in [1.82, 2.24) is 4.90 Å². The Labute approximate surface area is 115 Å². The number of hydrogen-bond acceptors (Lipinski definition) is 6. The second kappa shape index (κ2) is 11.2. The highest BCUT2D eigenvalue weighted by molar-refractivity contribution is 5.69. The number of rotatable bonds is 11. The van der Waals surface area contributed by atoms with Crippen molar-refractivity contribution in [3.8, 4) is 0 Å². The number of likely N-dealkylation sites (N-methyl/N-ethyl adjacent to an activating group) is 1. The van der Waals surface area contributed by atoms with Crippen LogP contribution in [0.3, 0.4) is 0 Å². The van der Waals surface area contributed by atoms with Gasteiger partial charge in [-0.2, -0.15) is 0 Å². The van der Waals surface area contributed by atoms with Crippen LogP contribution in [-0.4, -0.2) is 75.8 Å². The molecule has 114 valence electrons. The Bertz CT molecular complexity index is 237. The van der Waals surface area contributed by atoms with Crippen LogP contribution in [0.25, 0.3) is 0 Å². The van der Waals surface area contributed by atoms with E-state index in [1.165, 1.54) is 7.11 Å². The molecule has 0 spiro atoms. The molecule has 0 aliphatic heterocycles. The van der Waals surface area contributed by atoms with Crippen molar-refractivity contribution in [2.24, 2.45) is 0 Å². The van der Waals surface area contributed by atoms with Crippen LogP contribution in [-0.2, 0) is 19.0 Å². The monoisotopic (exact) mass is 277 g/mol. The summed E-state index contributed by atoms with van der Waals surface area (Å²) in [5.41, 5.74) is 0. The third-order valence-corrected chi connectivity index (χ3v) is 2.65. The Morgan fingerprint density at radius 1 is 1.32 bits per heavy atom. The van der Waals surface area contributed by atoms with Gasteiger partial charge in [-0.3, -0.25) is 4.79 Å². The van der Waals surface area contributed by atoms with Gasteiger partial charge in [-0.25, -0.2) is 0 Å². The fraction of sp³-hybridized carbons (Fsp3) is 0.923. The van der Waals surface area contributed by atoms with Crippen LogP contribution in [0.4, 0.5) is 0 Å². The number of hydrogen-bond donors (Lipinski definition) is 1. The van der Waals surface area contributed by atoms with Crippen LogP contribution in [0.15, 0.2) is 0 Å². The Morgan fingerprint density at radius 2 is 2.00 bits per heavy atom. The van der Waals surface area contributed by atoms with Crippen LogP contribution in [0.1, 0.15) is 19.8 Å². The normalized spacial score (nSPS) is 14.4. The van der Waals surface area contributed by atoms with Crippen LogP contribution in [0.5, 0.6) is 0 Å². The molecule has 19 heavy (non-hydrogen) atoms. The van der Waals surface area contributed by atoms with Crippen LogP contribution >= 0.6 is 0 Å². The van der Waals surface area contributed by atoms with Crippen LogP contribution < -0.4 is 0 Å². The maximum atomic E-state index is 10.9. The summed E-state index contributed by atoms with van der Waals surface area (Å²) in [4.78, 5) is 12.9. The van der Waals surface area contributed by atoms with Crippen molar-refractivity contribution in [3.05, 3.63) is 0 Å². The highest BCUT2D eigenvalue weighted by atomic mass is 16.5. The summed E-state index contributed by atoms with van der Waals surface area (Å²) in [5, 5.41) is 9.79. The molecule has 6 heteroatoms. The molecule has 0 aromatic carbocycles. The molecule has 0 saturated carbocycles. The van der Waals surface area contributed by atoms with Gasteiger partial charge in [-0.1, -0.05) is 0 Å². The third-order valence-electron chi connectivity index (χ3n) is 2.65. The van der Waals surface area contributed by atoms with E-state index in [0.29, 0.717) is 19.6 Å². The molecular weight excluding hydrogens is 250 g/mol. The zero-order valence-corrected chi connectivity index (χ0v) is 12.4. The number of ether oxygens (including phenoxy) is 3. The fourth-order valence-corrected chi connectivity index (χ4v) is 1.66. The second-order valence-electron chi connectivity index (χ2n) is 4.70. The molecule has 0 saturated heterocycles. The first-order chi connectivity index (χ1) is 8.99. The molecule has 0 aliphatic carbocycles. The summed E-state index contributed by atoms with van der Waals surface area (Å²) in [5.74, 6) is -0.203. The summed E-state index contributed by atoms with van der Waals surface area (Å²) in [6.07, 6.45) is 0.557. The Balaban J connectivity index is 3.62. The standard InChI is InChI=1S/C13H27NO5/c1-11(9-17-3)19-10-12(15)8-14(2)7-5-6-13(16)18-4/h11-12,15H,5-10H2,1-4H3. The van der Waals surface area contributed by atoms with E-state index in [0.717, 1.165) is 13.0 Å². The Morgan fingerprint density at radius 3 is 2.58 bits per heavy atom. The zero-order chi connectivity index (χ0) is 14.7. The maximum Gasteiger partial charge on any atom is 0.305 e. The van der Waals surface area contributed by atoms with Gasteiger partial charge in [0.1, 0.15) is 0 Å². The molecule has 2 unspecified atom stereocenters. The summed E-state index contributed by atoms with van der Waals surface area (Å²) < 4.78 is 14.9. The van der Waals surface area contributed by atoms with E-state index in [1.807, 2.05) is 18.9 Å². The number of aliphatic hydroxyl groups excluding tert-OH is 1. The van der Waals surface area contributed by atoms with Gasteiger partial charge < -0.3 is 24.2 Å². The molecule has 1 N–H and O–H groups in total. The zero-order valence-electron chi connectivity index (χ0n) is 12.4. The number of esters is 1. The van der Waals surface area contributed by atoms with E-state index < -0.39 is 6.10 Å². The average Bonchev–Trinajstić information content (AvgIpc) is 2.36. The van der Waals surface area contributed by atoms with Gasteiger partial charge in [0.15, 0.2) is 0 Å². The summed E-state index contributed by atoms with van der Waals surface area (Å²) in [6, 6.07) is 0. The average molecular weight is 277 g/mol. The molecule has 0 heterocycles. The second-order valence-corrected chi connectivity index (χ2v) is 4.70. The van der Waals surface area contributed by atoms with E-state index in [-0.39, 0.29) is 18.7 Å². The van der Waals surface area contributed by atoms with Crippen molar-refractivity contribution in [3.63, 3.8) is 0 Å². The van der Waals surface area contributed by atoms with Gasteiger partial charge in [0.05, 0.1) is 32.5 Å². The van der Waals surface area contributed by atoms with Gasteiger partial charge in [-0.05, 0) is 26.9 Å². The molecule has 0 amide bonds. The Hall–Kier alpha value is -0.690. The lowest BCUT2D eigenvalue weighted by Crippen LogP contribution is -2.34. The molecule has 6 nitrogen and oxygen atoms in total. The van der Waals surface area contributed by atoms with Crippen molar-refractivity contribution >= 4 is 5.97 Å². The van der Waals surface area contributed by atoms with Gasteiger partial charge in [0.25, 0.3) is 0 Å². The molecule has 0 radical (unpaired) electrons. The lowest BCUT2D eigenvalue weighted by Gasteiger charge is -2.21. The number of carbonyl (C=O) groups excluding carboxylic acids is 1. The van der Waals surface area contributed by atoms with Gasteiger partial charge in [0, 0.05) is 20.1 Å². The molecular formula is C13H27NO5. The lowest BCUT2D eigenvalue weighted by atomic mass is 10.2. The van der Waals surface area contributed by atoms with Crippen molar-refractivity contribution in [2.45, 2.75) is 32.0 Å². The topological polar surface area (TPSA) is 68.2 Å². The SMILES string of the molecule is COCC(C)OCC(O)CN(C)CCCC(=O)OC. The number of carbonyl (C=O) groups is 1. The molecule has 0 aromatic heterocycles. The molecule has 0 aliphatic rings. The molecule has 0 aromatic rings. The van der Waals surface area contributed by atoms with E-state index in [2.05, 4.69) is 4.74 Å². The summed E-state index contributed by atoms with van der Waals surface area (Å²) >= 11 is 0. The van der Waals surface area contributed by atoms with E-state index in [9.17, 15) is 9.90 Å². The van der Waals surface area contributed by atoms with Gasteiger partial charge in [0.2, 0.25) is 0 Å². The van der Waals surface area contributed by atoms with Gasteiger partial charge in [-0.15, -0.1) is 0 Å². The van der Waals surface area contributed by atoms with E-state index >= 15 is 0 Å². The molecule has 2 atom stereocenters. The van der Waals surface area contributed by atoms with Crippen LogP contribution in [0.2, 0.25) is 0 Å². The minimum atomic E-state index is -0.539. The highest BCUT2D eigenvalue weighted by Gasteiger charge is 2.11. The smallest absolute Gasteiger partial charge is 0.305 e. The quantitative estimate of drug-likeness (QED) is 0.547. The number of nitrogens with zero attached hydrogens (tertiary/aromatic N) is 1. The first-order valence-corrected chi connectivity index (χ1v) is 6.53. The van der Waals surface area contributed by atoms with Gasteiger partial charge >= 0.3 is 5.97 Å². The Kier molecular flexibility index (Phi) is 10.8. The molecule has 0 fully saturated rings. The minimum Gasteiger partial charge on any atom is -0.469 e. The summed E-state index contributed by atoms with van der Waals surface area (Å²) in [6.45, 7) is 3.95. The van der Waals surface area contributed by atoms with E-state index in [1.54, 1.807) is 7.11 Å². The number of aliphatic hydroxyl groups is 1. The van der Waals surface area contributed by atoms with Crippen LogP contribution in [0, 0.1) is 0 Å². The predicted octanol–water partition coefficient (Wildman–Crippen LogP) is 0.284. The van der Waals surface area contributed by atoms with Crippen molar-refractivity contribution in [1.29, 1.82) is 0 Å². The van der Waals surface area contributed by atoms with Crippen molar-refractivity contribution < 1.29 is 24.1 Å². The molecule has 0 bridgehead atoms. The first-order valence-electron chi connectivity index (χ1n) is 6.53. The lowest BCUT2D eigenvalue weighted by molar-refractivity contribution is -0.140. The summed E-state index contributed by atoms with van der Waals surface area (Å²) in [7, 11) is 4.90. The first kappa shape index (κ1) is 18.3. The fourth-order valence-electron chi connectivity index (χ4n) is 1.66. The maximum absolute atomic E-state index is 10.9. The van der Waals surface area contributed by atoms with Crippen molar-refractivity contribution in [2.75, 3.05) is 47.6 Å². The van der Waals surface area contributed by atoms with E-state index in [4.69, 9.17) is 9.47 Å². The predicted molar refractivity (Wildman–Crippen MR) is 72.0 cm³/mol. The third kappa shape index (κ3) is 10.9. The molecule has 0 rings (SSSR count).